The van der Waals surface area contributed by atoms with Gasteiger partial charge in [0.25, 0.3) is 0 Å². The van der Waals surface area contributed by atoms with Crippen LogP contribution in [0, 0.1) is 18.3 Å². The second-order valence-corrected chi connectivity index (χ2v) is 4.10. The summed E-state index contributed by atoms with van der Waals surface area (Å²) >= 11 is 0. The summed E-state index contributed by atoms with van der Waals surface area (Å²) < 4.78 is 10.3. The molecule has 1 aromatic rings. The third-order valence-electron chi connectivity index (χ3n) is 2.73. The van der Waals surface area contributed by atoms with Gasteiger partial charge in [0.05, 0.1) is 24.8 Å². The van der Waals surface area contributed by atoms with Crippen molar-refractivity contribution in [2.75, 3.05) is 13.7 Å². The van der Waals surface area contributed by atoms with Crippen LogP contribution in [0.3, 0.4) is 0 Å². The smallest absolute Gasteiger partial charge is 0.337 e. The highest BCUT2D eigenvalue weighted by Crippen LogP contribution is 2.30. The number of hydrogen-bond donors (Lipinski definition) is 0. The minimum atomic E-state index is -0.393. The molecule has 1 fully saturated rings. The van der Waals surface area contributed by atoms with Gasteiger partial charge in [0.15, 0.2) is 0 Å². The molecule has 0 aromatic heterocycles. The second kappa shape index (κ2) is 4.92. The summed E-state index contributed by atoms with van der Waals surface area (Å²) in [4.78, 5) is 11.3. The van der Waals surface area contributed by atoms with Crippen LogP contribution in [0.2, 0.25) is 0 Å². The molecule has 0 radical (unpaired) electrons. The van der Waals surface area contributed by atoms with Crippen LogP contribution in [-0.4, -0.2) is 19.7 Å². The maximum Gasteiger partial charge on any atom is 0.337 e. The number of carbonyl (C=O) groups is 1. The molecule has 0 N–H and O–H groups in total. The van der Waals surface area contributed by atoms with E-state index in [1.807, 2.05) is 0 Å². The Kier molecular flexibility index (Phi) is 3.34. The maximum absolute atomic E-state index is 11.3. The molecule has 3 heteroatoms. The summed E-state index contributed by atoms with van der Waals surface area (Å²) in [5.41, 5.74) is 1.03. The highest BCUT2D eigenvalue weighted by atomic mass is 16.5. The number of ether oxygens (including phenoxy) is 2. The molecule has 0 amide bonds. The SMILES string of the molecule is C#Cc1cc(C(=O)OC)ccc1OCC1CC1. The summed E-state index contributed by atoms with van der Waals surface area (Å²) in [7, 11) is 1.34. The predicted molar refractivity (Wildman–Crippen MR) is 63.9 cm³/mol. The molecule has 17 heavy (non-hydrogen) atoms. The van der Waals surface area contributed by atoms with Gasteiger partial charge in [0.2, 0.25) is 0 Å². The van der Waals surface area contributed by atoms with E-state index in [2.05, 4.69) is 10.7 Å². The molecule has 0 heterocycles. The summed E-state index contributed by atoms with van der Waals surface area (Å²) in [6, 6.07) is 5.01. The van der Waals surface area contributed by atoms with Gasteiger partial charge in [-0.15, -0.1) is 6.42 Å². The highest BCUT2D eigenvalue weighted by molar-refractivity contribution is 5.90. The van der Waals surface area contributed by atoms with Gasteiger partial charge in [-0.1, -0.05) is 5.92 Å². The van der Waals surface area contributed by atoms with Crippen molar-refractivity contribution in [1.82, 2.24) is 0 Å². The van der Waals surface area contributed by atoms with Gasteiger partial charge < -0.3 is 9.47 Å². The number of terminal acetylenes is 1. The lowest BCUT2D eigenvalue weighted by Gasteiger charge is -2.08. The van der Waals surface area contributed by atoms with Gasteiger partial charge in [-0.25, -0.2) is 4.79 Å². The molecule has 0 unspecified atom stereocenters. The summed E-state index contributed by atoms with van der Waals surface area (Å²) in [6.07, 6.45) is 7.86. The lowest BCUT2D eigenvalue weighted by atomic mass is 10.1. The number of methoxy groups -OCH3 is 1. The maximum atomic E-state index is 11.3. The van der Waals surface area contributed by atoms with Crippen LogP contribution in [0.4, 0.5) is 0 Å². The summed E-state index contributed by atoms with van der Waals surface area (Å²) in [6.45, 7) is 0.701. The number of benzene rings is 1. The van der Waals surface area contributed by atoms with E-state index in [0.29, 0.717) is 29.4 Å². The number of hydrogen-bond acceptors (Lipinski definition) is 3. The Morgan fingerprint density at radius 1 is 1.53 bits per heavy atom. The highest BCUT2D eigenvalue weighted by Gasteiger charge is 2.22. The molecular weight excluding hydrogens is 216 g/mol. The number of carbonyl (C=O) groups excluding carboxylic acids is 1. The van der Waals surface area contributed by atoms with E-state index in [9.17, 15) is 4.79 Å². The Morgan fingerprint density at radius 3 is 2.88 bits per heavy atom. The molecule has 0 spiro atoms. The van der Waals surface area contributed by atoms with Crippen molar-refractivity contribution >= 4 is 5.97 Å². The van der Waals surface area contributed by atoms with Crippen molar-refractivity contribution in [1.29, 1.82) is 0 Å². The molecule has 3 nitrogen and oxygen atoms in total. The fourth-order valence-electron chi connectivity index (χ4n) is 1.51. The van der Waals surface area contributed by atoms with Gasteiger partial charge in [0.1, 0.15) is 5.75 Å². The third kappa shape index (κ3) is 2.79. The topological polar surface area (TPSA) is 35.5 Å². The molecule has 0 atom stereocenters. The molecule has 0 bridgehead atoms. The zero-order valence-electron chi connectivity index (χ0n) is 9.73. The summed E-state index contributed by atoms with van der Waals surface area (Å²) in [5, 5.41) is 0. The fraction of sp³-hybridized carbons (Fsp3) is 0.357. The lowest BCUT2D eigenvalue weighted by molar-refractivity contribution is 0.0600. The average molecular weight is 230 g/mol. The Balaban J connectivity index is 2.15. The number of rotatable bonds is 4. The fourth-order valence-corrected chi connectivity index (χ4v) is 1.51. The van der Waals surface area contributed by atoms with E-state index >= 15 is 0 Å². The minimum Gasteiger partial charge on any atom is -0.492 e. The Morgan fingerprint density at radius 2 is 2.29 bits per heavy atom. The molecule has 1 aromatic carbocycles. The first-order chi connectivity index (χ1) is 8.24. The summed E-state index contributed by atoms with van der Waals surface area (Å²) in [5.74, 6) is 3.46. The molecule has 1 aliphatic carbocycles. The van der Waals surface area contributed by atoms with E-state index in [1.54, 1.807) is 18.2 Å². The average Bonchev–Trinajstić information content (AvgIpc) is 3.19. The Labute approximate surface area is 101 Å². The molecule has 88 valence electrons. The first kappa shape index (κ1) is 11.5. The van der Waals surface area contributed by atoms with Gasteiger partial charge in [0, 0.05) is 0 Å². The standard InChI is InChI=1S/C14H14O3/c1-3-11-8-12(14(15)16-2)6-7-13(11)17-9-10-4-5-10/h1,6-8,10H,4-5,9H2,2H3. The van der Waals surface area contributed by atoms with Crippen molar-refractivity contribution in [3.63, 3.8) is 0 Å². The van der Waals surface area contributed by atoms with Crippen molar-refractivity contribution in [3.8, 4) is 18.1 Å². The van der Waals surface area contributed by atoms with E-state index in [4.69, 9.17) is 11.2 Å². The van der Waals surface area contributed by atoms with Crippen LogP contribution in [0.1, 0.15) is 28.8 Å². The molecule has 2 rings (SSSR count). The van der Waals surface area contributed by atoms with Crippen LogP contribution in [0.5, 0.6) is 5.75 Å². The van der Waals surface area contributed by atoms with Gasteiger partial charge in [-0.2, -0.15) is 0 Å². The van der Waals surface area contributed by atoms with E-state index in [1.165, 1.54) is 20.0 Å². The third-order valence-corrected chi connectivity index (χ3v) is 2.73. The molecule has 0 saturated heterocycles. The van der Waals surface area contributed by atoms with Crippen molar-refractivity contribution in [2.24, 2.45) is 5.92 Å². The Bertz CT molecular complexity index is 467. The quantitative estimate of drug-likeness (QED) is 0.588. The normalized spacial score (nSPS) is 13.9. The largest absolute Gasteiger partial charge is 0.492 e. The molecule has 1 saturated carbocycles. The van der Waals surface area contributed by atoms with E-state index in [-0.39, 0.29) is 0 Å². The zero-order valence-corrected chi connectivity index (χ0v) is 9.73. The molecule has 0 aliphatic heterocycles. The molecular formula is C14H14O3. The van der Waals surface area contributed by atoms with Crippen LogP contribution >= 0.6 is 0 Å². The van der Waals surface area contributed by atoms with Crippen LogP contribution in [0.25, 0.3) is 0 Å². The monoisotopic (exact) mass is 230 g/mol. The number of esters is 1. The first-order valence-electron chi connectivity index (χ1n) is 5.56. The van der Waals surface area contributed by atoms with E-state index in [0.717, 1.165) is 0 Å². The van der Waals surface area contributed by atoms with Gasteiger partial charge >= 0.3 is 5.97 Å². The van der Waals surface area contributed by atoms with Gasteiger partial charge in [-0.3, -0.25) is 0 Å². The van der Waals surface area contributed by atoms with Gasteiger partial charge in [-0.05, 0) is 37.0 Å². The first-order valence-corrected chi connectivity index (χ1v) is 5.56. The minimum absolute atomic E-state index is 0.393. The lowest BCUT2D eigenvalue weighted by Crippen LogP contribution is -2.04. The Hall–Kier alpha value is -1.95. The molecule has 1 aliphatic rings. The van der Waals surface area contributed by atoms with Crippen LogP contribution in [-0.2, 0) is 4.74 Å². The predicted octanol–water partition coefficient (Wildman–Crippen LogP) is 2.24. The van der Waals surface area contributed by atoms with E-state index < -0.39 is 5.97 Å². The zero-order chi connectivity index (χ0) is 12.3. The van der Waals surface area contributed by atoms with Crippen LogP contribution in [0.15, 0.2) is 18.2 Å². The second-order valence-electron chi connectivity index (χ2n) is 4.10. The van der Waals surface area contributed by atoms with Crippen LogP contribution < -0.4 is 4.74 Å². The van der Waals surface area contributed by atoms with Crippen molar-refractivity contribution < 1.29 is 14.3 Å². The van der Waals surface area contributed by atoms with Crippen molar-refractivity contribution in [3.05, 3.63) is 29.3 Å². The van der Waals surface area contributed by atoms with Crippen molar-refractivity contribution in [2.45, 2.75) is 12.8 Å².